The normalized spacial score (nSPS) is 22.7. The third-order valence-corrected chi connectivity index (χ3v) is 11.9. The Labute approximate surface area is 265 Å². The molecule has 3 aromatic rings. The van der Waals surface area contributed by atoms with E-state index in [1.54, 1.807) is 48.5 Å². The number of sulfone groups is 1. The SMILES string of the molecule is CC(=O)O[C@H]1CCC[C@@H]1C(C#N)(c1cccc(F)c1)C1CCN(CC2CN(c3ccc(S(=O)(=O)c4ccccc4)cc3)C2)CC1. The van der Waals surface area contributed by atoms with Crippen molar-refractivity contribution in [2.45, 2.75) is 60.3 Å². The fourth-order valence-corrected chi connectivity index (χ4v) is 9.22. The Morgan fingerprint density at radius 2 is 1.64 bits per heavy atom. The van der Waals surface area contributed by atoms with Gasteiger partial charge in [-0.1, -0.05) is 30.3 Å². The van der Waals surface area contributed by atoms with Crippen molar-refractivity contribution in [3.63, 3.8) is 0 Å². The van der Waals surface area contributed by atoms with Crippen molar-refractivity contribution in [3.8, 4) is 6.07 Å². The number of carbonyl (C=O) groups is 1. The number of esters is 1. The number of halogens is 1. The molecule has 1 saturated carbocycles. The number of carbonyl (C=O) groups excluding carboxylic acids is 1. The zero-order valence-corrected chi connectivity index (χ0v) is 26.5. The smallest absolute Gasteiger partial charge is 0.302 e. The summed E-state index contributed by atoms with van der Waals surface area (Å²) in [6.45, 7) is 5.90. The van der Waals surface area contributed by atoms with Crippen LogP contribution >= 0.6 is 0 Å². The van der Waals surface area contributed by atoms with E-state index in [2.05, 4.69) is 15.9 Å². The number of likely N-dealkylation sites (tertiary alicyclic amines) is 1. The first-order chi connectivity index (χ1) is 21.7. The summed E-state index contributed by atoms with van der Waals surface area (Å²) < 4.78 is 46.1. The molecule has 236 valence electrons. The van der Waals surface area contributed by atoms with Gasteiger partial charge >= 0.3 is 5.97 Å². The number of nitrogens with zero attached hydrogens (tertiary/aromatic N) is 3. The van der Waals surface area contributed by atoms with Crippen LogP contribution in [0, 0.1) is 34.9 Å². The fourth-order valence-electron chi connectivity index (χ4n) is 7.94. The van der Waals surface area contributed by atoms with E-state index in [-0.39, 0.29) is 29.7 Å². The van der Waals surface area contributed by atoms with Crippen molar-refractivity contribution >= 4 is 21.5 Å². The number of piperidine rings is 1. The van der Waals surface area contributed by atoms with Gasteiger partial charge < -0.3 is 14.5 Å². The molecule has 2 heterocycles. The van der Waals surface area contributed by atoms with Crippen LogP contribution in [0.4, 0.5) is 10.1 Å². The average Bonchev–Trinajstić information content (AvgIpc) is 3.48. The van der Waals surface area contributed by atoms with Crippen LogP contribution in [0.3, 0.4) is 0 Å². The van der Waals surface area contributed by atoms with Gasteiger partial charge in [0.2, 0.25) is 9.84 Å². The van der Waals surface area contributed by atoms with E-state index in [0.29, 0.717) is 21.3 Å². The summed E-state index contributed by atoms with van der Waals surface area (Å²) in [7, 11) is -3.54. The van der Waals surface area contributed by atoms with Crippen molar-refractivity contribution < 1.29 is 22.3 Å². The molecule has 45 heavy (non-hydrogen) atoms. The molecule has 0 spiro atoms. The minimum absolute atomic E-state index is 0.0327. The van der Waals surface area contributed by atoms with E-state index >= 15 is 0 Å². The number of nitriles is 1. The Hall–Kier alpha value is -3.74. The maximum Gasteiger partial charge on any atom is 0.302 e. The highest BCUT2D eigenvalue weighted by Gasteiger charge is 2.53. The largest absolute Gasteiger partial charge is 0.462 e. The minimum Gasteiger partial charge on any atom is -0.462 e. The lowest BCUT2D eigenvalue weighted by Gasteiger charge is -2.48. The van der Waals surface area contributed by atoms with E-state index in [1.165, 1.54) is 19.1 Å². The average molecular weight is 630 g/mol. The highest BCUT2D eigenvalue weighted by Crippen LogP contribution is 2.51. The monoisotopic (exact) mass is 629 g/mol. The van der Waals surface area contributed by atoms with Gasteiger partial charge in [0.05, 0.1) is 21.3 Å². The van der Waals surface area contributed by atoms with Crippen LogP contribution in [-0.2, 0) is 24.8 Å². The van der Waals surface area contributed by atoms with Gasteiger partial charge in [0.15, 0.2) is 0 Å². The number of benzene rings is 3. The van der Waals surface area contributed by atoms with Crippen molar-refractivity contribution in [2.24, 2.45) is 17.8 Å². The van der Waals surface area contributed by atoms with E-state index in [4.69, 9.17) is 4.74 Å². The molecule has 2 aliphatic heterocycles. The first kappa shape index (κ1) is 31.3. The molecule has 1 aliphatic carbocycles. The predicted molar refractivity (Wildman–Crippen MR) is 170 cm³/mol. The van der Waals surface area contributed by atoms with Crippen LogP contribution in [-0.4, -0.2) is 58.1 Å². The molecule has 3 fully saturated rings. The van der Waals surface area contributed by atoms with Crippen LogP contribution in [0.2, 0.25) is 0 Å². The van der Waals surface area contributed by atoms with Gasteiger partial charge in [-0.15, -0.1) is 0 Å². The van der Waals surface area contributed by atoms with Gasteiger partial charge in [-0.2, -0.15) is 5.26 Å². The van der Waals surface area contributed by atoms with Crippen molar-refractivity contribution in [1.29, 1.82) is 5.26 Å². The third-order valence-electron chi connectivity index (χ3n) is 10.1. The highest BCUT2D eigenvalue weighted by molar-refractivity contribution is 7.91. The lowest BCUT2D eigenvalue weighted by molar-refractivity contribution is -0.149. The van der Waals surface area contributed by atoms with Gasteiger partial charge in [0.1, 0.15) is 11.9 Å². The van der Waals surface area contributed by atoms with Gasteiger partial charge in [-0.05, 0) is 105 Å². The summed E-state index contributed by atoms with van der Waals surface area (Å²) in [5.74, 6) is -0.324. The lowest BCUT2D eigenvalue weighted by Crippen LogP contribution is -2.54. The molecule has 0 aromatic heterocycles. The van der Waals surface area contributed by atoms with Crippen LogP contribution in [0.5, 0.6) is 0 Å². The zero-order chi connectivity index (χ0) is 31.6. The summed E-state index contributed by atoms with van der Waals surface area (Å²) in [6.07, 6.45) is 3.69. The van der Waals surface area contributed by atoms with Gasteiger partial charge in [-0.3, -0.25) is 4.79 Å². The molecule has 3 aliphatic rings. The first-order valence-corrected chi connectivity index (χ1v) is 17.4. The molecule has 0 N–H and O–H groups in total. The number of ether oxygens (including phenoxy) is 1. The Balaban J connectivity index is 1.08. The number of hydrogen-bond donors (Lipinski definition) is 0. The first-order valence-electron chi connectivity index (χ1n) is 15.9. The molecular weight excluding hydrogens is 589 g/mol. The lowest BCUT2D eigenvalue weighted by atomic mass is 9.59. The fraction of sp³-hybridized carbons (Fsp3) is 0.444. The van der Waals surface area contributed by atoms with Crippen LogP contribution < -0.4 is 4.90 Å². The van der Waals surface area contributed by atoms with Crippen LogP contribution in [0.1, 0.15) is 44.6 Å². The summed E-state index contributed by atoms with van der Waals surface area (Å²) in [6, 6.07) is 24.8. The molecule has 7 nitrogen and oxygen atoms in total. The molecule has 3 aromatic carbocycles. The van der Waals surface area contributed by atoms with E-state index in [0.717, 1.165) is 70.5 Å². The Morgan fingerprint density at radius 3 is 2.29 bits per heavy atom. The van der Waals surface area contributed by atoms with E-state index < -0.39 is 15.3 Å². The summed E-state index contributed by atoms with van der Waals surface area (Å²) >= 11 is 0. The second kappa shape index (κ2) is 12.9. The maximum absolute atomic E-state index is 14.5. The van der Waals surface area contributed by atoms with Crippen molar-refractivity contribution in [3.05, 3.63) is 90.2 Å². The van der Waals surface area contributed by atoms with E-state index in [1.807, 2.05) is 18.2 Å². The maximum atomic E-state index is 14.5. The highest BCUT2D eigenvalue weighted by atomic mass is 32.2. The molecular formula is C36H40FN3O4S. The number of rotatable bonds is 9. The van der Waals surface area contributed by atoms with Gasteiger partial charge in [0, 0.05) is 44.1 Å². The van der Waals surface area contributed by atoms with Gasteiger partial charge in [-0.25, -0.2) is 12.8 Å². The standard InChI is InChI=1S/C36H40FN3O4S/c1-26(41)44-35-12-6-11-34(35)36(25-38,29-7-5-8-30(37)21-29)28-17-19-39(20-18-28)22-27-23-40(24-27)31-13-15-33(16-14-31)45(42,43)32-9-3-2-4-10-32/h2-5,7-10,13-16,21,27-28,34-35H,6,11-12,17-20,22-24H2,1H3/t34-,35-,36?/m0/s1. The quantitative estimate of drug-likeness (QED) is 0.268. The predicted octanol–water partition coefficient (Wildman–Crippen LogP) is 6.00. The molecule has 0 radical (unpaired) electrons. The zero-order valence-electron chi connectivity index (χ0n) is 25.6. The number of anilines is 1. The Bertz CT molecular complexity index is 1650. The topological polar surface area (TPSA) is 90.7 Å². The second-order valence-electron chi connectivity index (χ2n) is 12.8. The molecule has 3 atom stereocenters. The summed E-state index contributed by atoms with van der Waals surface area (Å²) in [5.41, 5.74) is 0.799. The van der Waals surface area contributed by atoms with Gasteiger partial charge in [0.25, 0.3) is 0 Å². The minimum atomic E-state index is -3.54. The molecule has 1 unspecified atom stereocenters. The third kappa shape index (κ3) is 6.23. The molecule has 0 amide bonds. The Morgan fingerprint density at radius 1 is 0.956 bits per heavy atom. The second-order valence-corrected chi connectivity index (χ2v) is 14.8. The summed E-state index contributed by atoms with van der Waals surface area (Å²) in [5, 5.41) is 10.8. The van der Waals surface area contributed by atoms with Crippen LogP contribution in [0.25, 0.3) is 0 Å². The van der Waals surface area contributed by atoms with Crippen LogP contribution in [0.15, 0.2) is 88.7 Å². The molecule has 2 saturated heterocycles. The molecule has 9 heteroatoms. The summed E-state index contributed by atoms with van der Waals surface area (Å²) in [4.78, 5) is 17.3. The molecule has 0 bridgehead atoms. The Kier molecular flexibility index (Phi) is 8.98. The van der Waals surface area contributed by atoms with E-state index in [9.17, 15) is 22.9 Å². The van der Waals surface area contributed by atoms with Crippen molar-refractivity contribution in [2.75, 3.05) is 37.6 Å². The molecule has 6 rings (SSSR count). The number of hydrogen-bond acceptors (Lipinski definition) is 7. The van der Waals surface area contributed by atoms with Crippen molar-refractivity contribution in [1.82, 2.24) is 4.90 Å².